The molecule has 1 aliphatic rings. The van der Waals surface area contributed by atoms with Gasteiger partial charge < -0.3 is 10.6 Å². The lowest BCUT2D eigenvalue weighted by Gasteiger charge is -2.29. The number of anilines is 1. The summed E-state index contributed by atoms with van der Waals surface area (Å²) in [5.74, 6) is -1.97. The lowest BCUT2D eigenvalue weighted by molar-refractivity contribution is -0.213. The van der Waals surface area contributed by atoms with Gasteiger partial charge in [-0.3, -0.25) is 4.79 Å². The zero-order valence-corrected chi connectivity index (χ0v) is 10.8. The van der Waals surface area contributed by atoms with Gasteiger partial charge in [0.2, 0.25) is 5.91 Å². The molecule has 1 aromatic rings. The molecule has 1 saturated heterocycles. The van der Waals surface area contributed by atoms with Crippen LogP contribution < -0.4 is 10.6 Å². The van der Waals surface area contributed by atoms with Crippen LogP contribution in [0.2, 0.25) is 0 Å². The second-order valence-corrected chi connectivity index (χ2v) is 4.94. The van der Waals surface area contributed by atoms with Gasteiger partial charge in [0.1, 0.15) is 5.82 Å². The number of alkyl halides is 3. The summed E-state index contributed by atoms with van der Waals surface area (Å²) in [4.78, 5) is 12.0. The van der Waals surface area contributed by atoms with Crippen molar-refractivity contribution in [2.45, 2.75) is 19.5 Å². The van der Waals surface area contributed by atoms with Crippen LogP contribution in [-0.4, -0.2) is 25.2 Å². The maximum absolute atomic E-state index is 13.6. The summed E-state index contributed by atoms with van der Waals surface area (Å²) < 4.78 is 53.0. The first-order valence-electron chi connectivity index (χ1n) is 6.11. The first-order valence-corrected chi connectivity index (χ1v) is 6.11. The molecule has 2 N–H and O–H groups in total. The highest BCUT2D eigenvalue weighted by Crippen LogP contribution is 2.43. The van der Waals surface area contributed by atoms with Crippen molar-refractivity contribution in [1.29, 1.82) is 0 Å². The van der Waals surface area contributed by atoms with Crippen molar-refractivity contribution in [3.63, 3.8) is 0 Å². The molecular weight excluding hydrogens is 276 g/mol. The molecule has 1 fully saturated rings. The van der Waals surface area contributed by atoms with Gasteiger partial charge in [0, 0.05) is 6.54 Å². The average molecular weight is 290 g/mol. The molecule has 7 heteroatoms. The Morgan fingerprint density at radius 1 is 1.40 bits per heavy atom. The van der Waals surface area contributed by atoms with Crippen LogP contribution >= 0.6 is 0 Å². The molecule has 0 radical (unpaired) electrons. The fraction of sp³-hybridized carbons (Fsp3) is 0.462. The monoisotopic (exact) mass is 290 g/mol. The molecular formula is C13H14F4N2O. The summed E-state index contributed by atoms with van der Waals surface area (Å²) in [6.45, 7) is 1.26. The van der Waals surface area contributed by atoms with Gasteiger partial charge in [-0.25, -0.2) is 4.39 Å². The van der Waals surface area contributed by atoms with Crippen molar-refractivity contribution in [3.05, 3.63) is 29.6 Å². The highest BCUT2D eigenvalue weighted by atomic mass is 19.4. The Labute approximate surface area is 113 Å². The highest BCUT2D eigenvalue weighted by molar-refractivity contribution is 5.96. The van der Waals surface area contributed by atoms with Gasteiger partial charge in [0.15, 0.2) is 5.41 Å². The Morgan fingerprint density at radius 2 is 2.10 bits per heavy atom. The van der Waals surface area contributed by atoms with E-state index in [4.69, 9.17) is 0 Å². The molecule has 110 valence electrons. The number of carbonyl (C=O) groups is 1. The smallest absolute Gasteiger partial charge is 0.323 e. The van der Waals surface area contributed by atoms with Crippen molar-refractivity contribution in [2.24, 2.45) is 5.41 Å². The number of nitrogens with one attached hydrogen (secondary N) is 2. The van der Waals surface area contributed by atoms with E-state index in [2.05, 4.69) is 10.6 Å². The van der Waals surface area contributed by atoms with Crippen LogP contribution in [0.15, 0.2) is 18.2 Å². The van der Waals surface area contributed by atoms with Gasteiger partial charge in [-0.05, 0) is 37.6 Å². The Balaban J connectivity index is 2.26. The predicted molar refractivity (Wildman–Crippen MR) is 65.7 cm³/mol. The van der Waals surface area contributed by atoms with Crippen LogP contribution in [0.25, 0.3) is 0 Å². The summed E-state index contributed by atoms with van der Waals surface area (Å²) in [7, 11) is 0. The number of aryl methyl sites for hydroxylation is 1. The number of hydrogen-bond donors (Lipinski definition) is 2. The van der Waals surface area contributed by atoms with Crippen molar-refractivity contribution in [3.8, 4) is 0 Å². The van der Waals surface area contributed by atoms with Crippen molar-refractivity contribution in [1.82, 2.24) is 5.32 Å². The number of hydrogen-bond acceptors (Lipinski definition) is 2. The lowest BCUT2D eigenvalue weighted by Crippen LogP contribution is -2.49. The fourth-order valence-corrected chi connectivity index (χ4v) is 2.22. The van der Waals surface area contributed by atoms with Gasteiger partial charge in [-0.15, -0.1) is 0 Å². The van der Waals surface area contributed by atoms with Gasteiger partial charge >= 0.3 is 6.18 Å². The van der Waals surface area contributed by atoms with Crippen LogP contribution in [0, 0.1) is 18.2 Å². The molecule has 1 aromatic carbocycles. The summed E-state index contributed by atoms with van der Waals surface area (Å²) in [6.07, 6.45) is -5.03. The Bertz CT molecular complexity index is 522. The van der Waals surface area contributed by atoms with E-state index in [0.717, 1.165) is 6.07 Å². The third-order valence-corrected chi connectivity index (χ3v) is 3.51. The third kappa shape index (κ3) is 2.49. The Morgan fingerprint density at radius 3 is 2.60 bits per heavy atom. The SMILES string of the molecule is Cc1ccc(NC(=O)C2(C(F)(F)F)CCNC2)c(F)c1. The number of rotatable bonds is 2. The number of carbonyl (C=O) groups excluding carboxylic acids is 1. The van der Waals surface area contributed by atoms with Crippen molar-refractivity contribution >= 4 is 11.6 Å². The molecule has 1 aliphatic heterocycles. The van der Waals surface area contributed by atoms with Crippen LogP contribution in [-0.2, 0) is 4.79 Å². The van der Waals surface area contributed by atoms with Crippen LogP contribution in [0.3, 0.4) is 0 Å². The minimum Gasteiger partial charge on any atom is -0.323 e. The van der Waals surface area contributed by atoms with E-state index in [1.165, 1.54) is 12.1 Å². The standard InChI is InChI=1S/C13H14F4N2O/c1-8-2-3-10(9(14)6-8)19-11(20)12(13(15,16)17)4-5-18-7-12/h2-3,6,18H,4-5,7H2,1H3,(H,19,20). The van der Waals surface area contributed by atoms with E-state index in [9.17, 15) is 22.4 Å². The molecule has 0 spiro atoms. The minimum atomic E-state index is -4.68. The fourth-order valence-electron chi connectivity index (χ4n) is 2.22. The van der Waals surface area contributed by atoms with Gasteiger partial charge in [-0.1, -0.05) is 6.07 Å². The van der Waals surface area contributed by atoms with Crippen LogP contribution in [0.5, 0.6) is 0 Å². The van der Waals surface area contributed by atoms with E-state index >= 15 is 0 Å². The van der Waals surface area contributed by atoms with E-state index < -0.39 is 29.9 Å². The van der Waals surface area contributed by atoms with Gasteiger partial charge in [0.05, 0.1) is 5.69 Å². The van der Waals surface area contributed by atoms with Gasteiger partial charge in [0.25, 0.3) is 0 Å². The second-order valence-electron chi connectivity index (χ2n) is 4.94. The quantitative estimate of drug-likeness (QED) is 0.822. The molecule has 20 heavy (non-hydrogen) atoms. The molecule has 3 nitrogen and oxygen atoms in total. The molecule has 1 heterocycles. The Kier molecular flexibility index (Phi) is 3.73. The lowest BCUT2D eigenvalue weighted by atomic mass is 9.85. The molecule has 1 unspecified atom stereocenters. The van der Waals surface area contributed by atoms with Crippen LogP contribution in [0.4, 0.5) is 23.2 Å². The van der Waals surface area contributed by atoms with E-state index in [1.54, 1.807) is 6.92 Å². The largest absolute Gasteiger partial charge is 0.404 e. The molecule has 1 atom stereocenters. The summed E-state index contributed by atoms with van der Waals surface area (Å²) in [5, 5.41) is 4.59. The number of halogens is 4. The van der Waals surface area contributed by atoms with Crippen LogP contribution in [0.1, 0.15) is 12.0 Å². The summed E-state index contributed by atoms with van der Waals surface area (Å²) in [6, 6.07) is 3.93. The zero-order valence-electron chi connectivity index (χ0n) is 10.8. The molecule has 0 aliphatic carbocycles. The molecule has 0 bridgehead atoms. The zero-order chi connectivity index (χ0) is 15.0. The van der Waals surface area contributed by atoms with E-state index in [-0.39, 0.29) is 18.7 Å². The maximum Gasteiger partial charge on any atom is 0.404 e. The number of amides is 1. The second kappa shape index (κ2) is 5.05. The Hall–Kier alpha value is -1.63. The summed E-state index contributed by atoms with van der Waals surface area (Å²) >= 11 is 0. The van der Waals surface area contributed by atoms with Crippen molar-refractivity contribution < 1.29 is 22.4 Å². The first kappa shape index (κ1) is 14.8. The highest BCUT2D eigenvalue weighted by Gasteiger charge is 2.61. The number of benzene rings is 1. The van der Waals surface area contributed by atoms with Crippen molar-refractivity contribution in [2.75, 3.05) is 18.4 Å². The van der Waals surface area contributed by atoms with E-state index in [0.29, 0.717) is 5.56 Å². The minimum absolute atomic E-state index is 0.101. The maximum atomic E-state index is 13.6. The third-order valence-electron chi connectivity index (χ3n) is 3.51. The average Bonchev–Trinajstić information content (AvgIpc) is 2.82. The molecule has 1 amide bonds. The molecule has 2 rings (SSSR count). The first-order chi connectivity index (χ1) is 9.26. The summed E-state index contributed by atoms with van der Waals surface area (Å²) in [5.41, 5.74) is -2.12. The molecule has 0 aromatic heterocycles. The predicted octanol–water partition coefficient (Wildman–Crippen LogP) is 2.61. The topological polar surface area (TPSA) is 41.1 Å². The molecule has 0 saturated carbocycles. The van der Waals surface area contributed by atoms with E-state index in [1.807, 2.05) is 0 Å². The van der Waals surface area contributed by atoms with Gasteiger partial charge in [-0.2, -0.15) is 13.2 Å². The normalized spacial score (nSPS) is 22.9.